The van der Waals surface area contributed by atoms with Crippen LogP contribution in [0.2, 0.25) is 0 Å². The Morgan fingerprint density at radius 3 is 2.29 bits per heavy atom. The number of amides is 2. The average molecular weight is 489 g/mol. The summed E-state index contributed by atoms with van der Waals surface area (Å²) in [6.07, 6.45) is 6.15. The van der Waals surface area contributed by atoms with E-state index in [1.807, 2.05) is 58.0 Å². The van der Waals surface area contributed by atoms with Crippen LogP contribution >= 0.6 is 0 Å². The van der Waals surface area contributed by atoms with Gasteiger partial charge in [0.2, 0.25) is 11.8 Å². The number of rotatable bonds is 14. The van der Waals surface area contributed by atoms with E-state index in [4.69, 9.17) is 0 Å². The fourth-order valence-electron chi connectivity index (χ4n) is 5.31. The molecule has 2 amide bonds. The molecule has 4 atom stereocenters. The summed E-state index contributed by atoms with van der Waals surface area (Å²) in [6, 6.07) is 9.21. The zero-order chi connectivity index (χ0) is 25.8. The van der Waals surface area contributed by atoms with Gasteiger partial charge in [-0.25, -0.2) is 0 Å². The van der Waals surface area contributed by atoms with Gasteiger partial charge in [-0.2, -0.15) is 0 Å². The number of benzene rings is 1. The summed E-state index contributed by atoms with van der Waals surface area (Å²) in [6.45, 7) is 8.52. The van der Waals surface area contributed by atoms with Crippen LogP contribution in [0, 0.1) is 11.8 Å². The molecule has 1 aliphatic carbocycles. The minimum Gasteiger partial charge on any atom is -0.390 e. The van der Waals surface area contributed by atoms with Crippen molar-refractivity contribution >= 4 is 11.8 Å². The van der Waals surface area contributed by atoms with Crippen molar-refractivity contribution in [2.75, 3.05) is 6.54 Å². The fourth-order valence-corrected chi connectivity index (χ4v) is 5.31. The van der Waals surface area contributed by atoms with Crippen LogP contribution in [0.3, 0.4) is 0 Å². The van der Waals surface area contributed by atoms with Crippen molar-refractivity contribution in [2.24, 2.45) is 11.8 Å². The van der Waals surface area contributed by atoms with E-state index in [9.17, 15) is 19.8 Å². The first-order chi connectivity index (χ1) is 16.7. The van der Waals surface area contributed by atoms with Crippen LogP contribution in [0.4, 0.5) is 0 Å². The second kappa shape index (κ2) is 15.2. The number of carbonyl (C=O) groups is 2. The molecule has 0 heterocycles. The lowest BCUT2D eigenvalue weighted by Crippen LogP contribution is -2.52. The molecule has 2 rings (SSSR count). The third-order valence-corrected chi connectivity index (χ3v) is 7.23. The van der Waals surface area contributed by atoms with Crippen LogP contribution in [0.1, 0.15) is 104 Å². The van der Waals surface area contributed by atoms with Crippen molar-refractivity contribution in [2.45, 2.75) is 116 Å². The first kappa shape index (κ1) is 29.3. The average Bonchev–Trinajstić information content (AvgIpc) is 2.85. The summed E-state index contributed by atoms with van der Waals surface area (Å²) < 4.78 is 0. The maximum absolute atomic E-state index is 13.4. The number of hydrogen-bond acceptors (Lipinski definition) is 4. The van der Waals surface area contributed by atoms with Crippen molar-refractivity contribution in [1.29, 1.82) is 0 Å². The summed E-state index contributed by atoms with van der Waals surface area (Å²) in [7, 11) is 0. The number of nitrogens with one attached hydrogen (secondary N) is 1. The predicted octanol–water partition coefficient (Wildman–Crippen LogP) is 4.99. The molecule has 3 N–H and O–H groups in total. The number of aliphatic hydroxyl groups is 2. The molecule has 0 aromatic heterocycles. The molecule has 0 radical (unpaired) electrons. The number of aliphatic hydroxyl groups excluding tert-OH is 2. The Bertz CT molecular complexity index is 748. The number of hydrogen-bond donors (Lipinski definition) is 3. The maximum atomic E-state index is 13.4. The first-order valence-corrected chi connectivity index (χ1v) is 13.7. The highest BCUT2D eigenvalue weighted by atomic mass is 16.3. The lowest BCUT2D eigenvalue weighted by atomic mass is 9.81. The van der Waals surface area contributed by atoms with Gasteiger partial charge in [-0.3, -0.25) is 9.59 Å². The van der Waals surface area contributed by atoms with E-state index in [0.717, 1.165) is 24.8 Å². The minimum absolute atomic E-state index is 0.0987. The van der Waals surface area contributed by atoms with Gasteiger partial charge in [-0.05, 0) is 43.6 Å². The van der Waals surface area contributed by atoms with Crippen molar-refractivity contribution in [3.8, 4) is 0 Å². The predicted molar refractivity (Wildman–Crippen MR) is 141 cm³/mol. The standard InChI is InChI=1S/C29H48N2O4/c1-5-18-31(28(34)17-16-27(33)30-22(4)24-14-10-7-11-15-24)25(20-23-12-8-6-9-13-23)29(35)26(32)19-21(2)3/h7,10-11,14-15,21-23,25-26,29,32,35H,5-6,8-9,12-13,16-20H2,1-4H3,(H,30,33)/t22-,25-,26-,29+/m0/s1. The van der Waals surface area contributed by atoms with Gasteiger partial charge in [0, 0.05) is 19.4 Å². The number of carbonyl (C=O) groups excluding carboxylic acids is 2. The van der Waals surface area contributed by atoms with Crippen LogP contribution < -0.4 is 5.32 Å². The maximum Gasteiger partial charge on any atom is 0.223 e. The molecule has 1 aromatic carbocycles. The first-order valence-electron chi connectivity index (χ1n) is 13.7. The summed E-state index contributed by atoms with van der Waals surface area (Å²) in [5, 5.41) is 24.9. The van der Waals surface area contributed by atoms with E-state index in [2.05, 4.69) is 5.32 Å². The van der Waals surface area contributed by atoms with E-state index in [1.54, 1.807) is 4.90 Å². The zero-order valence-electron chi connectivity index (χ0n) is 22.3. The van der Waals surface area contributed by atoms with E-state index in [1.165, 1.54) is 19.3 Å². The second-order valence-electron chi connectivity index (χ2n) is 10.8. The van der Waals surface area contributed by atoms with E-state index < -0.39 is 18.2 Å². The lowest BCUT2D eigenvalue weighted by molar-refractivity contribution is -0.141. The largest absolute Gasteiger partial charge is 0.390 e. The molecule has 35 heavy (non-hydrogen) atoms. The Morgan fingerprint density at radius 1 is 1.03 bits per heavy atom. The second-order valence-corrected chi connectivity index (χ2v) is 10.8. The van der Waals surface area contributed by atoms with Gasteiger partial charge in [0.25, 0.3) is 0 Å². The summed E-state index contributed by atoms with van der Waals surface area (Å²) in [5.74, 6) is 0.429. The Kier molecular flexibility index (Phi) is 12.8. The van der Waals surface area contributed by atoms with Crippen molar-refractivity contribution < 1.29 is 19.8 Å². The molecule has 0 saturated heterocycles. The van der Waals surface area contributed by atoms with Crippen molar-refractivity contribution in [3.05, 3.63) is 35.9 Å². The van der Waals surface area contributed by atoms with Gasteiger partial charge in [0.05, 0.1) is 18.2 Å². The third kappa shape index (κ3) is 9.92. The van der Waals surface area contributed by atoms with Gasteiger partial charge in [0.15, 0.2) is 0 Å². The third-order valence-electron chi connectivity index (χ3n) is 7.23. The quantitative estimate of drug-likeness (QED) is 0.344. The molecule has 0 spiro atoms. The van der Waals surface area contributed by atoms with Crippen LogP contribution in [-0.2, 0) is 9.59 Å². The van der Waals surface area contributed by atoms with Crippen molar-refractivity contribution in [3.63, 3.8) is 0 Å². The monoisotopic (exact) mass is 488 g/mol. The SMILES string of the molecule is CCCN(C(=O)CCC(=O)N[C@@H](C)c1ccccc1)[C@@H](CC1CCCCC1)[C@@H](O)[C@@H](O)CC(C)C. The highest BCUT2D eigenvalue weighted by molar-refractivity contribution is 5.84. The Morgan fingerprint density at radius 2 is 1.69 bits per heavy atom. The highest BCUT2D eigenvalue weighted by Crippen LogP contribution is 2.31. The molecule has 6 nitrogen and oxygen atoms in total. The number of nitrogens with zero attached hydrogens (tertiary/aromatic N) is 1. The molecule has 1 fully saturated rings. The highest BCUT2D eigenvalue weighted by Gasteiger charge is 2.35. The minimum atomic E-state index is -0.984. The zero-order valence-corrected chi connectivity index (χ0v) is 22.3. The van der Waals surface area contributed by atoms with Crippen LogP contribution in [0.25, 0.3) is 0 Å². The smallest absolute Gasteiger partial charge is 0.223 e. The molecular weight excluding hydrogens is 440 g/mol. The van der Waals surface area contributed by atoms with Gasteiger partial charge >= 0.3 is 0 Å². The molecule has 6 heteroatoms. The lowest BCUT2D eigenvalue weighted by Gasteiger charge is -2.39. The summed E-state index contributed by atoms with van der Waals surface area (Å²) >= 11 is 0. The molecule has 1 aromatic rings. The Hall–Kier alpha value is -1.92. The molecule has 1 saturated carbocycles. The van der Waals surface area contributed by atoms with Gasteiger partial charge in [0.1, 0.15) is 6.10 Å². The molecule has 198 valence electrons. The van der Waals surface area contributed by atoms with Gasteiger partial charge in [-0.1, -0.05) is 83.2 Å². The van der Waals surface area contributed by atoms with Crippen LogP contribution in [0.5, 0.6) is 0 Å². The van der Waals surface area contributed by atoms with Crippen LogP contribution in [-0.4, -0.2) is 51.7 Å². The van der Waals surface area contributed by atoms with E-state index in [0.29, 0.717) is 25.3 Å². The molecule has 1 aliphatic rings. The summed E-state index contributed by atoms with van der Waals surface area (Å²) in [5.41, 5.74) is 1.02. The normalized spacial score (nSPS) is 18.0. The molecule has 0 aliphatic heterocycles. The Labute approximate surface area is 212 Å². The van der Waals surface area contributed by atoms with Gasteiger partial charge < -0.3 is 20.4 Å². The molecule has 0 unspecified atom stereocenters. The topological polar surface area (TPSA) is 89.9 Å². The summed E-state index contributed by atoms with van der Waals surface area (Å²) in [4.78, 5) is 27.7. The van der Waals surface area contributed by atoms with E-state index >= 15 is 0 Å². The Balaban J connectivity index is 2.06. The van der Waals surface area contributed by atoms with Crippen molar-refractivity contribution in [1.82, 2.24) is 10.2 Å². The molecular formula is C29H48N2O4. The van der Waals surface area contributed by atoms with Gasteiger partial charge in [-0.15, -0.1) is 0 Å². The fraction of sp³-hybridized carbons (Fsp3) is 0.724. The molecule has 0 bridgehead atoms. The van der Waals surface area contributed by atoms with E-state index in [-0.39, 0.29) is 36.6 Å². The van der Waals surface area contributed by atoms with Crippen LogP contribution in [0.15, 0.2) is 30.3 Å².